The highest BCUT2D eigenvalue weighted by Crippen LogP contribution is 2.44. The van der Waals surface area contributed by atoms with Crippen molar-refractivity contribution in [1.29, 1.82) is 0 Å². The van der Waals surface area contributed by atoms with Gasteiger partial charge in [-0.25, -0.2) is 0 Å². The summed E-state index contributed by atoms with van der Waals surface area (Å²) in [6.45, 7) is 10.9. The number of aryl methyl sites for hydroxylation is 1. The summed E-state index contributed by atoms with van der Waals surface area (Å²) in [5.41, 5.74) is 22.9. The Bertz CT molecular complexity index is 1200. The SMILES string of the molecule is CC1CCC(C)C1.CCCCF.Cc1ccc(C2=C(c3cccc(N)c3)CCC(C)c3ccc(N)cc32)cc1. The van der Waals surface area contributed by atoms with E-state index in [9.17, 15) is 4.39 Å². The van der Waals surface area contributed by atoms with Crippen LogP contribution in [0.25, 0.3) is 11.1 Å². The van der Waals surface area contributed by atoms with Gasteiger partial charge in [0.2, 0.25) is 0 Å². The molecule has 3 heteroatoms. The molecule has 4 N–H and O–H groups in total. The number of alkyl halides is 1. The first-order chi connectivity index (χ1) is 18.7. The van der Waals surface area contributed by atoms with Crippen LogP contribution < -0.4 is 11.5 Å². The number of nitrogen functional groups attached to an aromatic ring is 2. The van der Waals surface area contributed by atoms with Crippen LogP contribution in [0, 0.1) is 18.8 Å². The maximum Gasteiger partial charge on any atom is 0.0894 e. The fraction of sp³-hybridized carbons (Fsp3) is 0.444. The molecular weight excluding hydrogens is 479 g/mol. The van der Waals surface area contributed by atoms with Crippen LogP contribution in [0.15, 0.2) is 66.7 Å². The Labute approximate surface area is 236 Å². The first-order valence-corrected chi connectivity index (χ1v) is 14.8. The smallest absolute Gasteiger partial charge is 0.0894 e. The van der Waals surface area contributed by atoms with Gasteiger partial charge in [-0.2, -0.15) is 0 Å². The van der Waals surface area contributed by atoms with Gasteiger partial charge in [-0.1, -0.05) is 95.0 Å². The van der Waals surface area contributed by atoms with Gasteiger partial charge in [0.1, 0.15) is 0 Å². The van der Waals surface area contributed by atoms with E-state index in [2.05, 4.69) is 76.2 Å². The van der Waals surface area contributed by atoms with Gasteiger partial charge >= 0.3 is 0 Å². The first kappa shape index (κ1) is 30.5. The molecule has 2 aliphatic rings. The molecule has 0 aliphatic heterocycles. The molecule has 2 nitrogen and oxygen atoms in total. The van der Waals surface area contributed by atoms with Crippen molar-refractivity contribution in [3.8, 4) is 0 Å². The summed E-state index contributed by atoms with van der Waals surface area (Å²) >= 11 is 0. The van der Waals surface area contributed by atoms with E-state index < -0.39 is 0 Å². The number of benzene rings is 3. The van der Waals surface area contributed by atoms with Crippen molar-refractivity contribution in [1.82, 2.24) is 0 Å². The number of halogens is 1. The number of rotatable bonds is 4. The van der Waals surface area contributed by atoms with Crippen molar-refractivity contribution < 1.29 is 4.39 Å². The molecule has 3 aromatic rings. The second-order valence-electron chi connectivity index (χ2n) is 11.7. The van der Waals surface area contributed by atoms with E-state index in [-0.39, 0.29) is 6.67 Å². The number of hydrogen-bond acceptors (Lipinski definition) is 2. The average molecular weight is 529 g/mol. The van der Waals surface area contributed by atoms with E-state index in [1.165, 1.54) is 58.2 Å². The summed E-state index contributed by atoms with van der Waals surface area (Å²) in [5.74, 6) is 2.53. The molecule has 1 saturated carbocycles. The molecule has 2 aliphatic carbocycles. The lowest BCUT2D eigenvalue weighted by Gasteiger charge is -2.18. The van der Waals surface area contributed by atoms with Crippen LogP contribution in [0.4, 0.5) is 15.8 Å². The topological polar surface area (TPSA) is 52.0 Å². The molecule has 0 heterocycles. The maximum absolute atomic E-state index is 11.0. The van der Waals surface area contributed by atoms with Crippen molar-refractivity contribution in [2.45, 2.75) is 85.5 Å². The van der Waals surface area contributed by atoms with Crippen LogP contribution in [0.5, 0.6) is 0 Å². The van der Waals surface area contributed by atoms with Crippen molar-refractivity contribution in [2.75, 3.05) is 18.1 Å². The summed E-state index contributed by atoms with van der Waals surface area (Å²) in [5, 5.41) is 0. The molecule has 1 fully saturated rings. The second-order valence-corrected chi connectivity index (χ2v) is 11.7. The quantitative estimate of drug-likeness (QED) is 0.331. The monoisotopic (exact) mass is 528 g/mol. The molecule has 0 radical (unpaired) electrons. The number of allylic oxidation sites excluding steroid dienone is 1. The predicted molar refractivity (Wildman–Crippen MR) is 170 cm³/mol. The van der Waals surface area contributed by atoms with Crippen LogP contribution in [0.3, 0.4) is 0 Å². The molecular formula is C36H49FN2. The van der Waals surface area contributed by atoms with Crippen LogP contribution >= 0.6 is 0 Å². The average Bonchev–Trinajstić information content (AvgIpc) is 3.23. The number of anilines is 2. The number of unbranched alkanes of at least 4 members (excludes halogenated alkanes) is 1. The Morgan fingerprint density at radius 3 is 2.00 bits per heavy atom. The molecule has 3 aromatic carbocycles. The Kier molecular flexibility index (Phi) is 11.7. The minimum Gasteiger partial charge on any atom is -0.399 e. The van der Waals surface area contributed by atoms with Gasteiger partial charge in [-0.15, -0.1) is 0 Å². The normalized spacial score (nSPS) is 20.2. The van der Waals surface area contributed by atoms with Crippen molar-refractivity contribution in [2.24, 2.45) is 11.8 Å². The van der Waals surface area contributed by atoms with Gasteiger partial charge < -0.3 is 11.5 Å². The van der Waals surface area contributed by atoms with Gasteiger partial charge in [0.15, 0.2) is 0 Å². The third kappa shape index (κ3) is 8.71. The lowest BCUT2D eigenvalue weighted by molar-refractivity contribution is 0.469. The van der Waals surface area contributed by atoms with Crippen LogP contribution in [-0.4, -0.2) is 6.67 Å². The molecule has 0 spiro atoms. The zero-order chi connectivity index (χ0) is 28.4. The van der Waals surface area contributed by atoms with E-state index in [0.717, 1.165) is 48.9 Å². The molecule has 0 bridgehead atoms. The van der Waals surface area contributed by atoms with Crippen LogP contribution in [0.1, 0.15) is 106 Å². The van der Waals surface area contributed by atoms with E-state index in [1.54, 1.807) is 0 Å². The third-order valence-electron chi connectivity index (χ3n) is 8.03. The molecule has 0 amide bonds. The molecule has 39 heavy (non-hydrogen) atoms. The van der Waals surface area contributed by atoms with Gasteiger partial charge in [-0.3, -0.25) is 4.39 Å². The Balaban J connectivity index is 0.000000291. The molecule has 3 atom stereocenters. The van der Waals surface area contributed by atoms with Gasteiger partial charge in [0, 0.05) is 11.4 Å². The summed E-state index contributed by atoms with van der Waals surface area (Å²) in [7, 11) is 0. The number of fused-ring (bicyclic) bond motifs is 1. The van der Waals surface area contributed by atoms with Crippen molar-refractivity contribution in [3.63, 3.8) is 0 Å². The molecule has 0 aromatic heterocycles. The first-order valence-electron chi connectivity index (χ1n) is 14.8. The molecule has 5 rings (SSSR count). The summed E-state index contributed by atoms with van der Waals surface area (Å²) < 4.78 is 11.0. The lowest BCUT2D eigenvalue weighted by atomic mass is 9.86. The fourth-order valence-electron chi connectivity index (χ4n) is 5.71. The summed E-state index contributed by atoms with van der Waals surface area (Å²) in [6.07, 6.45) is 8.23. The van der Waals surface area contributed by atoms with Crippen LogP contribution in [0.2, 0.25) is 0 Å². The van der Waals surface area contributed by atoms with Crippen molar-refractivity contribution >= 4 is 22.5 Å². The van der Waals surface area contributed by atoms with E-state index in [0.29, 0.717) is 5.92 Å². The highest BCUT2D eigenvalue weighted by molar-refractivity contribution is 6.00. The highest BCUT2D eigenvalue weighted by Gasteiger charge is 2.24. The third-order valence-corrected chi connectivity index (χ3v) is 8.03. The van der Waals surface area contributed by atoms with E-state index >= 15 is 0 Å². The lowest BCUT2D eigenvalue weighted by Crippen LogP contribution is -2.00. The molecule has 3 unspecified atom stereocenters. The van der Waals surface area contributed by atoms with Gasteiger partial charge in [0.05, 0.1) is 6.67 Å². The van der Waals surface area contributed by atoms with E-state index in [4.69, 9.17) is 11.5 Å². The fourth-order valence-corrected chi connectivity index (χ4v) is 5.71. The van der Waals surface area contributed by atoms with Gasteiger partial charge in [-0.05, 0) is 108 Å². The minimum absolute atomic E-state index is 0.156. The highest BCUT2D eigenvalue weighted by atomic mass is 19.1. The van der Waals surface area contributed by atoms with Crippen LogP contribution in [-0.2, 0) is 0 Å². The number of nitrogens with two attached hydrogens (primary N) is 2. The predicted octanol–water partition coefficient (Wildman–Crippen LogP) is 10.2. The zero-order valence-corrected chi connectivity index (χ0v) is 24.8. The Hall–Kier alpha value is -3.07. The Morgan fingerprint density at radius 2 is 1.46 bits per heavy atom. The van der Waals surface area contributed by atoms with Gasteiger partial charge in [0.25, 0.3) is 0 Å². The van der Waals surface area contributed by atoms with Crippen molar-refractivity contribution in [3.05, 3.63) is 94.5 Å². The Morgan fingerprint density at radius 1 is 0.795 bits per heavy atom. The molecule has 0 saturated heterocycles. The van der Waals surface area contributed by atoms with E-state index in [1.807, 2.05) is 25.1 Å². The summed E-state index contributed by atoms with van der Waals surface area (Å²) in [4.78, 5) is 0. The largest absolute Gasteiger partial charge is 0.399 e. The number of hydrogen-bond donors (Lipinski definition) is 2. The summed E-state index contributed by atoms with van der Waals surface area (Å²) in [6, 6.07) is 23.4. The second kappa shape index (κ2) is 14.9. The minimum atomic E-state index is -0.156. The molecule has 210 valence electrons. The maximum atomic E-state index is 11.0. The zero-order valence-electron chi connectivity index (χ0n) is 24.8. The standard InChI is InChI=1S/C25H26N2.C7H14.C4H9F/c1-16-6-9-18(10-7-16)25-23(19-4-3-5-20(26)14-19)12-8-17(2)22-13-11-21(27)15-24(22)25;1-6-3-4-7(2)5-6;1-2-3-4-5/h3-7,9-11,13-15,17H,8,12,26-27H2,1-2H3;6-7H,3-5H2,1-2H3;2-4H2,1H3.